The van der Waals surface area contributed by atoms with Gasteiger partial charge in [-0.15, -0.1) is 0 Å². The van der Waals surface area contributed by atoms with Crippen molar-refractivity contribution in [3.8, 4) is 0 Å². The molecule has 5 rings (SSSR count). The Morgan fingerprint density at radius 2 is 1.82 bits per heavy atom. The molecule has 13 atom stereocenters. The summed E-state index contributed by atoms with van der Waals surface area (Å²) in [5, 5.41) is 45.3. The van der Waals surface area contributed by atoms with Gasteiger partial charge in [-0.1, -0.05) is 27.7 Å². The van der Waals surface area contributed by atoms with Gasteiger partial charge in [0.25, 0.3) is 0 Å². The maximum Gasteiger partial charge on any atom is 0.133 e. The molecule has 34 heavy (non-hydrogen) atoms. The summed E-state index contributed by atoms with van der Waals surface area (Å²) in [6, 6.07) is 0. The molecular formula is C29H48O5. The number of hydrogen-bond donors (Lipinski definition) is 4. The molecule has 5 nitrogen and oxygen atoms in total. The van der Waals surface area contributed by atoms with Gasteiger partial charge in [0.05, 0.1) is 18.8 Å². The maximum absolute atomic E-state index is 12.2. The van der Waals surface area contributed by atoms with Crippen LogP contribution < -0.4 is 0 Å². The molecule has 5 heteroatoms. The molecule has 4 unspecified atom stereocenters. The monoisotopic (exact) mass is 476 g/mol. The van der Waals surface area contributed by atoms with Crippen LogP contribution in [0, 0.1) is 58.2 Å². The average Bonchev–Trinajstić information content (AvgIpc) is 3.42. The zero-order chi connectivity index (χ0) is 24.6. The summed E-state index contributed by atoms with van der Waals surface area (Å²) in [6.07, 6.45) is 7.01. The van der Waals surface area contributed by atoms with Crippen molar-refractivity contribution >= 4 is 5.78 Å². The van der Waals surface area contributed by atoms with Crippen molar-refractivity contribution in [3.05, 3.63) is 0 Å². The van der Waals surface area contributed by atoms with Gasteiger partial charge in [-0.25, -0.2) is 0 Å². The fourth-order valence-corrected chi connectivity index (χ4v) is 10.1. The Kier molecular flexibility index (Phi) is 6.32. The number of hydrogen-bond acceptors (Lipinski definition) is 5. The summed E-state index contributed by atoms with van der Waals surface area (Å²) < 4.78 is 0. The minimum atomic E-state index is -1.58. The van der Waals surface area contributed by atoms with Gasteiger partial charge in [0.2, 0.25) is 0 Å². The van der Waals surface area contributed by atoms with Crippen LogP contribution >= 0.6 is 0 Å². The van der Waals surface area contributed by atoms with Crippen LogP contribution in [0.2, 0.25) is 0 Å². The van der Waals surface area contributed by atoms with Crippen LogP contribution in [-0.4, -0.2) is 50.6 Å². The molecule has 5 aliphatic carbocycles. The van der Waals surface area contributed by atoms with Gasteiger partial charge in [0, 0.05) is 24.2 Å². The van der Waals surface area contributed by atoms with Crippen molar-refractivity contribution in [1.82, 2.24) is 0 Å². The molecule has 0 bridgehead atoms. The predicted molar refractivity (Wildman–Crippen MR) is 131 cm³/mol. The lowest BCUT2D eigenvalue weighted by molar-refractivity contribution is -0.216. The van der Waals surface area contributed by atoms with E-state index in [0.717, 1.165) is 32.1 Å². The molecule has 4 N–H and O–H groups in total. The molecule has 0 aromatic carbocycles. The summed E-state index contributed by atoms with van der Waals surface area (Å²) in [6.45, 7) is 8.44. The van der Waals surface area contributed by atoms with E-state index in [-0.39, 0.29) is 17.3 Å². The van der Waals surface area contributed by atoms with Gasteiger partial charge in [0.1, 0.15) is 11.4 Å². The van der Waals surface area contributed by atoms with E-state index in [4.69, 9.17) is 0 Å². The zero-order valence-electron chi connectivity index (χ0n) is 21.7. The summed E-state index contributed by atoms with van der Waals surface area (Å²) in [4.78, 5) is 12.2. The Bertz CT molecular complexity index is 799. The van der Waals surface area contributed by atoms with Crippen molar-refractivity contribution in [2.75, 3.05) is 6.61 Å². The highest BCUT2D eigenvalue weighted by atomic mass is 16.4. The van der Waals surface area contributed by atoms with Crippen LogP contribution in [0.4, 0.5) is 0 Å². The van der Waals surface area contributed by atoms with Crippen molar-refractivity contribution in [2.24, 2.45) is 58.2 Å². The van der Waals surface area contributed by atoms with E-state index in [2.05, 4.69) is 27.7 Å². The summed E-state index contributed by atoms with van der Waals surface area (Å²) >= 11 is 0. The van der Waals surface area contributed by atoms with Crippen molar-refractivity contribution in [1.29, 1.82) is 0 Å². The summed E-state index contributed by atoms with van der Waals surface area (Å²) in [5.41, 5.74) is -1.98. The lowest BCUT2D eigenvalue weighted by Crippen LogP contribution is -2.63. The number of ketones is 1. The molecule has 5 saturated carbocycles. The fraction of sp³-hybridized carbons (Fsp3) is 0.966. The number of Topliss-reactive ketones (excluding diaryl/α,β-unsaturated/α-hetero) is 1. The maximum atomic E-state index is 12.2. The Hall–Kier alpha value is -0.490. The number of carbonyl (C=O) groups is 1. The van der Waals surface area contributed by atoms with E-state index < -0.39 is 29.8 Å². The SMILES string of the molecule is C[C@@H]1C[C@H]1[C@H](C)C[C@@H](O)[C@](O)(CO)[C@H]1CCC2C3CCC4CC(=O)CC[C@]4(C)C3C[C@@H](O)[C@@]21C. The first-order valence-corrected chi connectivity index (χ1v) is 14.2. The largest absolute Gasteiger partial charge is 0.393 e. The van der Waals surface area contributed by atoms with Crippen LogP contribution in [0.1, 0.15) is 91.9 Å². The Balaban J connectivity index is 1.39. The Morgan fingerprint density at radius 3 is 2.47 bits per heavy atom. The second-order valence-corrected chi connectivity index (χ2v) is 13.9. The molecule has 0 amide bonds. The first-order valence-electron chi connectivity index (χ1n) is 14.2. The fourth-order valence-electron chi connectivity index (χ4n) is 10.1. The van der Waals surface area contributed by atoms with Crippen molar-refractivity contribution in [2.45, 2.75) is 110 Å². The normalized spacial score (nSPS) is 51.6. The average molecular weight is 477 g/mol. The highest BCUT2D eigenvalue weighted by Gasteiger charge is 2.67. The predicted octanol–water partition coefficient (Wildman–Crippen LogP) is 3.95. The number of rotatable bonds is 6. The van der Waals surface area contributed by atoms with E-state index in [0.29, 0.717) is 67.0 Å². The third-order valence-corrected chi connectivity index (χ3v) is 12.5. The van der Waals surface area contributed by atoms with E-state index in [1.165, 1.54) is 6.42 Å². The standard InChI is InChI=1S/C29H48O5/c1-16-11-21(16)17(2)12-26(33)29(34,15-30)24-8-7-22-20-6-5-18-13-19(31)9-10-27(18,3)23(20)14-25(32)28(22,24)4/h16-18,20-26,30,32-34H,5-15H2,1-4H3/t16-,17-,18?,20?,21-,22?,23?,24+,25-,26-,27+,28+,29+/m1/s1. The van der Waals surface area contributed by atoms with E-state index in [1.807, 2.05) is 0 Å². The molecule has 0 heterocycles. The molecule has 0 saturated heterocycles. The number of aliphatic hydroxyl groups is 4. The molecule has 0 aliphatic heterocycles. The first kappa shape index (κ1) is 25.2. The second kappa shape index (κ2) is 8.53. The number of fused-ring (bicyclic) bond motifs is 5. The highest BCUT2D eigenvalue weighted by Crippen LogP contribution is 2.68. The summed E-state index contributed by atoms with van der Waals surface area (Å²) in [7, 11) is 0. The number of aliphatic hydroxyl groups excluding tert-OH is 3. The Morgan fingerprint density at radius 1 is 1.12 bits per heavy atom. The van der Waals surface area contributed by atoms with Crippen LogP contribution in [0.15, 0.2) is 0 Å². The Labute approximate surface area is 205 Å². The molecule has 0 spiro atoms. The molecule has 5 fully saturated rings. The third-order valence-electron chi connectivity index (χ3n) is 12.5. The van der Waals surface area contributed by atoms with Crippen LogP contribution in [0.25, 0.3) is 0 Å². The molecule has 0 aromatic rings. The second-order valence-electron chi connectivity index (χ2n) is 13.9. The van der Waals surface area contributed by atoms with E-state index in [1.54, 1.807) is 0 Å². The lowest BCUT2D eigenvalue weighted by atomic mass is 9.43. The molecule has 0 radical (unpaired) electrons. The van der Waals surface area contributed by atoms with Gasteiger partial charge in [0.15, 0.2) is 0 Å². The van der Waals surface area contributed by atoms with Gasteiger partial charge in [-0.05, 0) is 98.2 Å². The summed E-state index contributed by atoms with van der Waals surface area (Å²) in [5.74, 6) is 3.30. The van der Waals surface area contributed by atoms with Crippen molar-refractivity contribution in [3.63, 3.8) is 0 Å². The topological polar surface area (TPSA) is 98.0 Å². The minimum absolute atomic E-state index is 0.112. The van der Waals surface area contributed by atoms with Gasteiger partial charge in [-0.3, -0.25) is 4.79 Å². The zero-order valence-corrected chi connectivity index (χ0v) is 21.7. The van der Waals surface area contributed by atoms with Gasteiger partial charge in [-0.2, -0.15) is 0 Å². The van der Waals surface area contributed by atoms with Crippen LogP contribution in [0.5, 0.6) is 0 Å². The third kappa shape index (κ3) is 3.58. The molecule has 0 aromatic heterocycles. The van der Waals surface area contributed by atoms with Crippen molar-refractivity contribution < 1.29 is 25.2 Å². The first-order chi connectivity index (χ1) is 16.0. The number of carbonyl (C=O) groups excluding carboxylic acids is 1. The molecule has 194 valence electrons. The van der Waals surface area contributed by atoms with Gasteiger partial charge >= 0.3 is 0 Å². The van der Waals surface area contributed by atoms with E-state index in [9.17, 15) is 25.2 Å². The van der Waals surface area contributed by atoms with Gasteiger partial charge < -0.3 is 20.4 Å². The smallest absolute Gasteiger partial charge is 0.133 e. The lowest BCUT2D eigenvalue weighted by Gasteiger charge is -2.62. The van der Waals surface area contributed by atoms with E-state index >= 15 is 0 Å². The highest BCUT2D eigenvalue weighted by molar-refractivity contribution is 5.79. The molecule has 5 aliphatic rings. The quantitative estimate of drug-likeness (QED) is 0.465. The molecular weight excluding hydrogens is 428 g/mol. The van der Waals surface area contributed by atoms with Crippen LogP contribution in [0.3, 0.4) is 0 Å². The minimum Gasteiger partial charge on any atom is -0.393 e. The van der Waals surface area contributed by atoms with Crippen LogP contribution in [-0.2, 0) is 4.79 Å².